The number of anilines is 1. The van der Waals surface area contributed by atoms with Crippen LogP contribution in [0.3, 0.4) is 0 Å². The van der Waals surface area contributed by atoms with Gasteiger partial charge in [0.25, 0.3) is 5.91 Å². The maximum Gasteiger partial charge on any atom is 0.254 e. The number of carbonyl (C=O) groups is 2. The number of piperidine rings is 1. The summed E-state index contributed by atoms with van der Waals surface area (Å²) >= 11 is 0. The molecule has 24 heavy (non-hydrogen) atoms. The summed E-state index contributed by atoms with van der Waals surface area (Å²) in [7, 11) is 3.86. The molecule has 2 aliphatic heterocycles. The molecule has 0 radical (unpaired) electrons. The molecule has 128 valence electrons. The van der Waals surface area contributed by atoms with Crippen molar-refractivity contribution in [2.45, 2.75) is 31.3 Å². The van der Waals surface area contributed by atoms with Crippen LogP contribution in [0.25, 0.3) is 0 Å². The monoisotopic (exact) mass is 327 g/mol. The average Bonchev–Trinajstić information content (AvgIpc) is 3.05. The minimum atomic E-state index is -0.165. The highest BCUT2D eigenvalue weighted by molar-refractivity contribution is 6.01. The van der Waals surface area contributed by atoms with Gasteiger partial charge in [-0.2, -0.15) is 0 Å². The molecule has 2 unspecified atom stereocenters. The van der Waals surface area contributed by atoms with Crippen LogP contribution in [0.5, 0.6) is 0 Å². The van der Waals surface area contributed by atoms with Gasteiger partial charge in [0.2, 0.25) is 5.91 Å². The third-order valence-corrected chi connectivity index (χ3v) is 5.35. The number of rotatable bonds is 3. The molecule has 1 aromatic rings. The van der Waals surface area contributed by atoms with Gasteiger partial charge in [0.15, 0.2) is 0 Å². The zero-order valence-electron chi connectivity index (χ0n) is 14.4. The predicted octanol–water partition coefficient (Wildman–Crippen LogP) is 2.14. The Labute approximate surface area is 143 Å². The van der Waals surface area contributed by atoms with Gasteiger partial charge in [-0.1, -0.05) is 6.58 Å². The zero-order valence-corrected chi connectivity index (χ0v) is 14.4. The second kappa shape index (κ2) is 6.77. The lowest BCUT2D eigenvalue weighted by molar-refractivity contribution is -0.113. The molecule has 0 aliphatic carbocycles. The van der Waals surface area contributed by atoms with Crippen LogP contribution < -0.4 is 4.90 Å². The summed E-state index contributed by atoms with van der Waals surface area (Å²) in [6.07, 6.45) is 4.58. The van der Waals surface area contributed by atoms with Gasteiger partial charge in [0.05, 0.1) is 0 Å². The van der Waals surface area contributed by atoms with E-state index in [0.29, 0.717) is 17.6 Å². The van der Waals surface area contributed by atoms with E-state index in [1.807, 2.05) is 29.2 Å². The Morgan fingerprint density at radius 3 is 2.54 bits per heavy atom. The largest absolute Gasteiger partial charge is 0.334 e. The van der Waals surface area contributed by atoms with Crippen molar-refractivity contribution < 1.29 is 9.59 Å². The molecule has 0 bridgehead atoms. The highest BCUT2D eigenvalue weighted by Gasteiger charge is 2.40. The van der Waals surface area contributed by atoms with Crippen LogP contribution in [0.2, 0.25) is 0 Å². The van der Waals surface area contributed by atoms with Gasteiger partial charge in [-0.15, -0.1) is 0 Å². The summed E-state index contributed by atoms with van der Waals surface area (Å²) in [6.45, 7) is 5.45. The molecule has 0 aromatic heterocycles. The molecule has 2 amide bonds. The molecule has 0 saturated carbocycles. The number of likely N-dealkylation sites (tertiary alicyclic amines) is 2. The Hall–Kier alpha value is -2.14. The van der Waals surface area contributed by atoms with Crippen molar-refractivity contribution in [2.24, 2.45) is 0 Å². The second-order valence-electron chi connectivity index (χ2n) is 6.69. The number of likely N-dealkylation sites (N-methyl/N-ethyl adjacent to an activating group) is 2. The minimum absolute atomic E-state index is 0.0991. The number of amides is 2. The maximum atomic E-state index is 12.9. The Kier molecular flexibility index (Phi) is 4.71. The lowest BCUT2D eigenvalue weighted by atomic mass is 9.97. The van der Waals surface area contributed by atoms with Crippen LogP contribution >= 0.6 is 0 Å². The molecule has 2 atom stereocenters. The average molecular weight is 327 g/mol. The van der Waals surface area contributed by atoms with Gasteiger partial charge < -0.3 is 14.7 Å². The van der Waals surface area contributed by atoms with Crippen molar-refractivity contribution in [3.05, 3.63) is 42.5 Å². The highest BCUT2D eigenvalue weighted by Crippen LogP contribution is 2.31. The summed E-state index contributed by atoms with van der Waals surface area (Å²) in [5, 5.41) is 0. The lowest BCUT2D eigenvalue weighted by Gasteiger charge is -2.37. The van der Waals surface area contributed by atoms with E-state index in [2.05, 4.69) is 18.5 Å². The fourth-order valence-corrected chi connectivity index (χ4v) is 3.93. The molecule has 0 N–H and O–H groups in total. The quantitative estimate of drug-likeness (QED) is 0.799. The third-order valence-electron chi connectivity index (χ3n) is 5.35. The fourth-order valence-electron chi connectivity index (χ4n) is 3.93. The standard InChI is InChI=1S/C19H25N3O2/c1-4-18(23)21(3)15-9-7-14(8-10-15)19(24)22-13-11-16-17(22)6-5-12-20(16)2/h4,7-10,16-17H,1,5-6,11-13H2,2-3H3. The normalized spacial score (nSPS) is 23.7. The van der Waals surface area contributed by atoms with E-state index in [1.54, 1.807) is 7.05 Å². The smallest absolute Gasteiger partial charge is 0.254 e. The Morgan fingerprint density at radius 2 is 1.88 bits per heavy atom. The van der Waals surface area contributed by atoms with E-state index >= 15 is 0 Å². The second-order valence-corrected chi connectivity index (χ2v) is 6.69. The van der Waals surface area contributed by atoms with Crippen molar-refractivity contribution in [3.63, 3.8) is 0 Å². The molecule has 1 aromatic carbocycles. The fraction of sp³-hybridized carbons (Fsp3) is 0.474. The summed E-state index contributed by atoms with van der Waals surface area (Å²) in [5.74, 6) is -0.0660. The van der Waals surface area contributed by atoms with E-state index in [0.717, 1.165) is 38.0 Å². The van der Waals surface area contributed by atoms with Crippen molar-refractivity contribution in [3.8, 4) is 0 Å². The molecule has 2 aliphatic rings. The molecular weight excluding hydrogens is 302 g/mol. The number of carbonyl (C=O) groups excluding carboxylic acids is 2. The molecule has 2 saturated heterocycles. The van der Waals surface area contributed by atoms with Gasteiger partial charge in [-0.05, 0) is 63.2 Å². The van der Waals surface area contributed by atoms with Gasteiger partial charge in [0, 0.05) is 36.9 Å². The van der Waals surface area contributed by atoms with Crippen molar-refractivity contribution in [1.29, 1.82) is 0 Å². The lowest BCUT2D eigenvalue weighted by Crippen LogP contribution is -2.49. The highest BCUT2D eigenvalue weighted by atomic mass is 16.2. The molecule has 2 fully saturated rings. The molecule has 3 rings (SSSR count). The topological polar surface area (TPSA) is 43.9 Å². The zero-order chi connectivity index (χ0) is 17.3. The van der Waals surface area contributed by atoms with E-state index in [1.165, 1.54) is 11.0 Å². The SMILES string of the molecule is C=CC(=O)N(C)c1ccc(C(=O)N2CCC3C2CCCN3C)cc1. The van der Waals surface area contributed by atoms with Crippen LogP contribution in [-0.4, -0.2) is 60.9 Å². The van der Waals surface area contributed by atoms with Crippen molar-refractivity contribution >= 4 is 17.5 Å². The van der Waals surface area contributed by atoms with Crippen LogP contribution in [-0.2, 0) is 4.79 Å². The van der Waals surface area contributed by atoms with Gasteiger partial charge in [0.1, 0.15) is 0 Å². The molecule has 0 spiro atoms. The Bertz CT molecular complexity index is 641. The van der Waals surface area contributed by atoms with E-state index < -0.39 is 0 Å². The molecule has 5 heteroatoms. The predicted molar refractivity (Wildman–Crippen MR) is 95.1 cm³/mol. The first-order valence-electron chi connectivity index (χ1n) is 8.54. The molecule has 5 nitrogen and oxygen atoms in total. The summed E-state index contributed by atoms with van der Waals surface area (Å²) in [6, 6.07) is 8.08. The first-order chi connectivity index (χ1) is 11.5. The molecule has 2 heterocycles. The number of benzene rings is 1. The van der Waals surface area contributed by atoms with E-state index in [9.17, 15) is 9.59 Å². The molecular formula is C19H25N3O2. The first kappa shape index (κ1) is 16.7. The van der Waals surface area contributed by atoms with Crippen LogP contribution in [0.1, 0.15) is 29.6 Å². The van der Waals surface area contributed by atoms with E-state index in [-0.39, 0.29) is 11.8 Å². The van der Waals surface area contributed by atoms with Gasteiger partial charge in [-0.3, -0.25) is 9.59 Å². The van der Waals surface area contributed by atoms with Crippen molar-refractivity contribution in [1.82, 2.24) is 9.80 Å². The van der Waals surface area contributed by atoms with Crippen LogP contribution in [0, 0.1) is 0 Å². The summed E-state index contributed by atoms with van der Waals surface area (Å²) in [4.78, 5) is 30.5. The number of hydrogen-bond acceptors (Lipinski definition) is 3. The third kappa shape index (κ3) is 2.96. The van der Waals surface area contributed by atoms with Crippen LogP contribution in [0.15, 0.2) is 36.9 Å². The van der Waals surface area contributed by atoms with Crippen molar-refractivity contribution in [2.75, 3.05) is 32.1 Å². The number of nitrogens with zero attached hydrogens (tertiary/aromatic N) is 3. The Balaban J connectivity index is 1.74. The number of fused-ring (bicyclic) bond motifs is 1. The van der Waals surface area contributed by atoms with Gasteiger partial charge >= 0.3 is 0 Å². The van der Waals surface area contributed by atoms with E-state index in [4.69, 9.17) is 0 Å². The summed E-state index contributed by atoms with van der Waals surface area (Å²) in [5.41, 5.74) is 1.44. The maximum absolute atomic E-state index is 12.9. The Morgan fingerprint density at radius 1 is 1.17 bits per heavy atom. The number of hydrogen-bond donors (Lipinski definition) is 0. The van der Waals surface area contributed by atoms with Crippen LogP contribution in [0.4, 0.5) is 5.69 Å². The minimum Gasteiger partial charge on any atom is -0.334 e. The van der Waals surface area contributed by atoms with Gasteiger partial charge in [-0.25, -0.2) is 0 Å². The summed E-state index contributed by atoms with van der Waals surface area (Å²) < 4.78 is 0. The first-order valence-corrected chi connectivity index (χ1v) is 8.54.